The number of aromatic nitrogens is 2. The molecule has 0 aliphatic heterocycles. The first-order valence-corrected chi connectivity index (χ1v) is 5.53. The molecule has 88 valence electrons. The van der Waals surface area contributed by atoms with E-state index in [2.05, 4.69) is 4.98 Å². The number of nitrogens with zero attached hydrogens (tertiary/aromatic N) is 1. The summed E-state index contributed by atoms with van der Waals surface area (Å²) in [6.45, 7) is 0. The Kier molecular flexibility index (Phi) is 2.41. The second-order valence-corrected chi connectivity index (χ2v) is 3.97. The molecule has 0 bridgehead atoms. The quantitative estimate of drug-likeness (QED) is 0.542. The maximum Gasteiger partial charge on any atom is 0.285 e. The lowest BCUT2D eigenvalue weighted by molar-refractivity contribution is -0.511. The smallest absolute Gasteiger partial charge is 0.285 e. The molecule has 0 unspecified atom stereocenters. The van der Waals surface area contributed by atoms with E-state index in [1.54, 1.807) is 16.5 Å². The SMILES string of the molecule is O=Cc1c(-c2ccc(F)cc2)[nH]c2cccc[n+]12. The first-order chi connectivity index (χ1) is 8.79. The largest absolute Gasteiger partial charge is 0.294 e. The summed E-state index contributed by atoms with van der Waals surface area (Å²) in [4.78, 5) is 14.4. The van der Waals surface area contributed by atoms with Gasteiger partial charge < -0.3 is 0 Å². The third-order valence-electron chi connectivity index (χ3n) is 2.87. The molecule has 1 aromatic carbocycles. The summed E-state index contributed by atoms with van der Waals surface area (Å²) in [5.74, 6) is -0.296. The number of imidazole rings is 1. The van der Waals surface area contributed by atoms with Gasteiger partial charge in [-0.1, -0.05) is 6.07 Å². The highest BCUT2D eigenvalue weighted by atomic mass is 19.1. The second-order valence-electron chi connectivity index (χ2n) is 3.97. The van der Waals surface area contributed by atoms with Gasteiger partial charge in [0.15, 0.2) is 12.0 Å². The van der Waals surface area contributed by atoms with Gasteiger partial charge in [0.1, 0.15) is 5.82 Å². The Hall–Kier alpha value is -2.49. The topological polar surface area (TPSA) is 37.0 Å². The van der Waals surface area contributed by atoms with E-state index in [1.165, 1.54) is 12.1 Å². The summed E-state index contributed by atoms with van der Waals surface area (Å²) in [7, 11) is 0. The van der Waals surface area contributed by atoms with E-state index in [-0.39, 0.29) is 5.82 Å². The number of nitrogens with one attached hydrogen (secondary N) is 1. The zero-order valence-electron chi connectivity index (χ0n) is 9.43. The molecular weight excluding hydrogens is 231 g/mol. The normalized spacial score (nSPS) is 10.7. The summed E-state index contributed by atoms with van der Waals surface area (Å²) in [6.07, 6.45) is 2.60. The number of fused-ring (bicyclic) bond motifs is 1. The average Bonchev–Trinajstić information content (AvgIpc) is 2.78. The van der Waals surface area contributed by atoms with Crippen molar-refractivity contribution in [2.75, 3.05) is 0 Å². The Morgan fingerprint density at radius 3 is 2.61 bits per heavy atom. The summed E-state index contributed by atoms with van der Waals surface area (Å²) in [5.41, 5.74) is 2.81. The third-order valence-corrected chi connectivity index (χ3v) is 2.87. The highest BCUT2D eigenvalue weighted by molar-refractivity contribution is 5.82. The highest BCUT2D eigenvalue weighted by Crippen LogP contribution is 2.20. The van der Waals surface area contributed by atoms with Crippen LogP contribution in [-0.4, -0.2) is 11.3 Å². The predicted octanol–water partition coefficient (Wildman–Crippen LogP) is 2.37. The van der Waals surface area contributed by atoms with E-state index in [1.807, 2.05) is 24.4 Å². The number of H-pyrrole nitrogens is 1. The van der Waals surface area contributed by atoms with Gasteiger partial charge in [-0.05, 0) is 30.3 Å². The summed E-state index contributed by atoms with van der Waals surface area (Å²) >= 11 is 0. The van der Waals surface area contributed by atoms with Crippen molar-refractivity contribution in [3.63, 3.8) is 0 Å². The minimum Gasteiger partial charge on any atom is -0.294 e. The van der Waals surface area contributed by atoms with Gasteiger partial charge in [0.2, 0.25) is 5.69 Å². The van der Waals surface area contributed by atoms with Crippen molar-refractivity contribution < 1.29 is 13.6 Å². The minimum atomic E-state index is -0.296. The fourth-order valence-electron chi connectivity index (χ4n) is 2.02. The van der Waals surface area contributed by atoms with Crippen molar-refractivity contribution in [3.8, 4) is 11.3 Å². The fraction of sp³-hybridized carbons (Fsp3) is 0. The number of hydrogen-bond acceptors (Lipinski definition) is 1. The number of carbonyl (C=O) groups excluding carboxylic acids is 1. The molecule has 0 saturated carbocycles. The van der Waals surface area contributed by atoms with Crippen LogP contribution in [0.15, 0.2) is 48.7 Å². The maximum atomic E-state index is 12.9. The van der Waals surface area contributed by atoms with Gasteiger partial charge in [0, 0.05) is 11.6 Å². The molecule has 0 atom stereocenters. The van der Waals surface area contributed by atoms with Gasteiger partial charge in [-0.2, -0.15) is 4.40 Å². The monoisotopic (exact) mass is 241 g/mol. The lowest BCUT2D eigenvalue weighted by atomic mass is 10.1. The van der Waals surface area contributed by atoms with Crippen molar-refractivity contribution in [2.45, 2.75) is 0 Å². The Morgan fingerprint density at radius 1 is 1.11 bits per heavy atom. The second kappa shape index (κ2) is 4.07. The van der Waals surface area contributed by atoms with Crippen LogP contribution in [0.5, 0.6) is 0 Å². The number of carbonyl (C=O) groups is 1. The summed E-state index contributed by atoms with van der Waals surface area (Å²) in [6, 6.07) is 11.7. The molecule has 0 spiro atoms. The zero-order chi connectivity index (χ0) is 12.5. The van der Waals surface area contributed by atoms with Gasteiger partial charge in [0.25, 0.3) is 5.65 Å². The van der Waals surface area contributed by atoms with Crippen molar-refractivity contribution in [1.29, 1.82) is 0 Å². The van der Waals surface area contributed by atoms with E-state index in [4.69, 9.17) is 0 Å². The molecule has 4 heteroatoms. The molecule has 2 heterocycles. The van der Waals surface area contributed by atoms with E-state index in [9.17, 15) is 9.18 Å². The Balaban J connectivity index is 2.28. The van der Waals surface area contributed by atoms with Crippen LogP contribution in [0, 0.1) is 5.82 Å². The lowest BCUT2D eigenvalue weighted by Crippen LogP contribution is -2.23. The minimum absolute atomic E-state index is 0.296. The van der Waals surface area contributed by atoms with Crippen molar-refractivity contribution >= 4 is 11.9 Å². The Labute approximate surface area is 103 Å². The number of hydrogen-bond donors (Lipinski definition) is 1. The first kappa shape index (κ1) is 10.7. The molecule has 0 amide bonds. The molecule has 2 aromatic heterocycles. The molecule has 0 saturated heterocycles. The zero-order valence-corrected chi connectivity index (χ0v) is 9.43. The standard InChI is InChI=1S/C14H9FN2O/c15-11-6-4-10(5-7-11)14-12(9-18)17-8-2-1-3-13(17)16-14/h1-9H/p+1. The van der Waals surface area contributed by atoms with E-state index in [0.717, 1.165) is 17.5 Å². The molecule has 3 nitrogen and oxygen atoms in total. The Bertz CT molecular complexity index is 716. The fourth-order valence-corrected chi connectivity index (χ4v) is 2.02. The maximum absolute atomic E-state index is 12.9. The molecule has 3 aromatic rings. The van der Waals surface area contributed by atoms with Crippen LogP contribution in [0.25, 0.3) is 16.9 Å². The Morgan fingerprint density at radius 2 is 1.89 bits per heavy atom. The van der Waals surface area contributed by atoms with Crippen LogP contribution in [0.3, 0.4) is 0 Å². The molecular formula is C14H10FN2O+. The van der Waals surface area contributed by atoms with Crippen LogP contribution in [0.4, 0.5) is 4.39 Å². The van der Waals surface area contributed by atoms with Gasteiger partial charge in [-0.3, -0.25) is 4.79 Å². The van der Waals surface area contributed by atoms with Crippen LogP contribution in [0.2, 0.25) is 0 Å². The van der Waals surface area contributed by atoms with Crippen molar-refractivity contribution in [2.24, 2.45) is 0 Å². The molecule has 0 aliphatic rings. The third kappa shape index (κ3) is 1.59. The van der Waals surface area contributed by atoms with Gasteiger partial charge in [0.05, 0.1) is 6.20 Å². The number of aromatic amines is 1. The summed E-state index contributed by atoms with van der Waals surface area (Å²) in [5, 5.41) is 0. The number of halogens is 1. The summed E-state index contributed by atoms with van der Waals surface area (Å²) < 4.78 is 14.7. The first-order valence-electron chi connectivity index (χ1n) is 5.53. The molecule has 3 rings (SSSR count). The predicted molar refractivity (Wildman–Crippen MR) is 64.7 cm³/mol. The molecule has 0 fully saturated rings. The molecule has 1 N–H and O–H groups in total. The molecule has 0 radical (unpaired) electrons. The van der Waals surface area contributed by atoms with Crippen LogP contribution < -0.4 is 4.40 Å². The van der Waals surface area contributed by atoms with Crippen molar-refractivity contribution in [1.82, 2.24) is 4.98 Å². The van der Waals surface area contributed by atoms with Gasteiger partial charge in [-0.15, -0.1) is 0 Å². The van der Waals surface area contributed by atoms with Crippen LogP contribution >= 0.6 is 0 Å². The highest BCUT2D eigenvalue weighted by Gasteiger charge is 2.19. The number of benzene rings is 1. The van der Waals surface area contributed by atoms with Gasteiger partial charge >= 0.3 is 0 Å². The van der Waals surface area contributed by atoms with Crippen LogP contribution in [-0.2, 0) is 0 Å². The van der Waals surface area contributed by atoms with Crippen molar-refractivity contribution in [3.05, 3.63) is 60.2 Å². The van der Waals surface area contributed by atoms with E-state index >= 15 is 0 Å². The molecule has 0 aliphatic carbocycles. The number of pyridine rings is 1. The number of aldehydes is 1. The number of rotatable bonds is 2. The van der Waals surface area contributed by atoms with Crippen LogP contribution in [0.1, 0.15) is 10.5 Å². The average molecular weight is 241 g/mol. The van der Waals surface area contributed by atoms with Gasteiger partial charge in [-0.25, -0.2) is 9.37 Å². The van der Waals surface area contributed by atoms with E-state index < -0.39 is 0 Å². The lowest BCUT2D eigenvalue weighted by Gasteiger charge is -1.94. The van der Waals surface area contributed by atoms with E-state index in [0.29, 0.717) is 11.4 Å². The molecule has 18 heavy (non-hydrogen) atoms.